The molecule has 0 radical (unpaired) electrons. The van der Waals surface area contributed by atoms with Crippen molar-refractivity contribution in [1.29, 1.82) is 0 Å². The van der Waals surface area contributed by atoms with Crippen molar-refractivity contribution in [3.05, 3.63) is 88.2 Å². The number of amides is 1. The summed E-state index contributed by atoms with van der Waals surface area (Å²) < 4.78 is 6.40. The number of nitrogens with zero attached hydrogens (tertiary/aromatic N) is 1. The van der Waals surface area contributed by atoms with Crippen LogP contribution in [0.4, 0.5) is 4.79 Å². The predicted octanol–water partition coefficient (Wildman–Crippen LogP) is 5.12. The van der Waals surface area contributed by atoms with Gasteiger partial charge in [-0.15, -0.1) is 0 Å². The van der Waals surface area contributed by atoms with Crippen LogP contribution < -0.4 is 5.32 Å². The number of halogens is 1. The topological polar surface area (TPSA) is 51.2 Å². The number of alkyl carbamates (subject to hydrolysis) is 1. The van der Waals surface area contributed by atoms with Crippen LogP contribution in [0, 0.1) is 11.8 Å². The fourth-order valence-corrected chi connectivity index (χ4v) is 3.89. The van der Waals surface area contributed by atoms with E-state index in [0.29, 0.717) is 19.6 Å². The Balaban J connectivity index is 1.29. The van der Waals surface area contributed by atoms with E-state index in [2.05, 4.69) is 62.3 Å². The number of carbonyl (C=O) groups is 1. The lowest BCUT2D eigenvalue weighted by Gasteiger charge is -2.14. The summed E-state index contributed by atoms with van der Waals surface area (Å²) in [6.45, 7) is 0.750. The summed E-state index contributed by atoms with van der Waals surface area (Å²) in [4.78, 5) is 16.2. The van der Waals surface area contributed by atoms with Gasteiger partial charge in [-0.05, 0) is 44.3 Å². The van der Waals surface area contributed by atoms with Crippen LogP contribution in [0.15, 0.2) is 71.5 Å². The first-order valence-corrected chi connectivity index (χ1v) is 10.2. The minimum absolute atomic E-state index is 0.0666. The molecule has 0 bridgehead atoms. The molecule has 4 rings (SSSR count). The minimum Gasteiger partial charge on any atom is -0.449 e. The van der Waals surface area contributed by atoms with Gasteiger partial charge in [0.2, 0.25) is 0 Å². The molecular formula is C24H19BrN2O2. The number of hydrogen-bond donors (Lipinski definition) is 1. The van der Waals surface area contributed by atoms with E-state index in [0.717, 1.165) is 10.0 Å². The maximum atomic E-state index is 12.1. The van der Waals surface area contributed by atoms with Gasteiger partial charge in [0.25, 0.3) is 0 Å². The molecular weight excluding hydrogens is 428 g/mol. The van der Waals surface area contributed by atoms with Crippen LogP contribution in [0.1, 0.15) is 29.0 Å². The van der Waals surface area contributed by atoms with Crippen LogP contribution in [-0.4, -0.2) is 24.2 Å². The van der Waals surface area contributed by atoms with Crippen molar-refractivity contribution in [1.82, 2.24) is 10.3 Å². The normalized spacial score (nSPS) is 11.8. The summed E-state index contributed by atoms with van der Waals surface area (Å²) in [6.07, 6.45) is 3.54. The highest BCUT2D eigenvalue weighted by atomic mass is 79.9. The maximum Gasteiger partial charge on any atom is 0.407 e. The Kier molecular flexibility index (Phi) is 5.92. The quantitative estimate of drug-likeness (QED) is 0.446. The molecule has 0 saturated carbocycles. The van der Waals surface area contributed by atoms with Gasteiger partial charge in [-0.1, -0.05) is 60.4 Å². The van der Waals surface area contributed by atoms with Gasteiger partial charge in [-0.2, -0.15) is 0 Å². The lowest BCUT2D eigenvalue weighted by Crippen LogP contribution is -2.26. The molecule has 0 saturated heterocycles. The lowest BCUT2D eigenvalue weighted by molar-refractivity contribution is 0.143. The van der Waals surface area contributed by atoms with Gasteiger partial charge in [0.1, 0.15) is 6.61 Å². The zero-order valence-corrected chi connectivity index (χ0v) is 17.3. The maximum absolute atomic E-state index is 12.1. The van der Waals surface area contributed by atoms with Crippen molar-refractivity contribution >= 4 is 22.0 Å². The van der Waals surface area contributed by atoms with Crippen molar-refractivity contribution in [3.63, 3.8) is 0 Å². The Bertz CT molecular complexity index is 1060. The molecule has 0 aliphatic heterocycles. The highest BCUT2D eigenvalue weighted by Crippen LogP contribution is 2.44. The largest absolute Gasteiger partial charge is 0.449 e. The summed E-state index contributed by atoms with van der Waals surface area (Å²) in [6, 6.07) is 18.5. The first-order valence-electron chi connectivity index (χ1n) is 9.40. The molecule has 2 aromatic carbocycles. The number of rotatable bonds is 4. The number of benzene rings is 2. The number of pyridine rings is 1. The van der Waals surface area contributed by atoms with E-state index in [4.69, 9.17) is 4.74 Å². The molecule has 0 fully saturated rings. The zero-order valence-electron chi connectivity index (χ0n) is 15.7. The molecule has 5 heteroatoms. The molecule has 29 heavy (non-hydrogen) atoms. The molecule has 3 aromatic rings. The number of nitrogens with one attached hydrogen (secondary N) is 1. The molecule has 4 nitrogen and oxygen atoms in total. The highest BCUT2D eigenvalue weighted by Gasteiger charge is 2.28. The fourth-order valence-electron chi connectivity index (χ4n) is 3.52. The summed E-state index contributed by atoms with van der Waals surface area (Å²) >= 11 is 3.37. The predicted molar refractivity (Wildman–Crippen MR) is 117 cm³/mol. The Morgan fingerprint density at radius 3 is 2.45 bits per heavy atom. The highest BCUT2D eigenvalue weighted by molar-refractivity contribution is 9.10. The molecule has 0 atom stereocenters. The summed E-state index contributed by atoms with van der Waals surface area (Å²) in [5, 5.41) is 2.76. The second kappa shape index (κ2) is 8.93. The number of fused-ring (bicyclic) bond motifs is 3. The van der Waals surface area contributed by atoms with Crippen LogP contribution in [0.5, 0.6) is 0 Å². The average Bonchev–Trinajstić information content (AvgIpc) is 3.06. The molecule has 0 unspecified atom stereocenters. The molecule has 1 aromatic heterocycles. The van der Waals surface area contributed by atoms with Gasteiger partial charge < -0.3 is 10.1 Å². The average molecular weight is 447 g/mol. The van der Waals surface area contributed by atoms with Crippen molar-refractivity contribution in [3.8, 4) is 23.0 Å². The van der Waals surface area contributed by atoms with Crippen molar-refractivity contribution in [2.75, 3.05) is 13.2 Å². The molecule has 1 N–H and O–H groups in total. The molecule has 0 spiro atoms. The third kappa shape index (κ3) is 4.49. The van der Waals surface area contributed by atoms with Gasteiger partial charge in [0.15, 0.2) is 0 Å². The SMILES string of the molecule is O=C(NCCC#Cc1cncc(Br)c1)OCC1c2ccccc2-c2ccccc21. The van der Waals surface area contributed by atoms with Gasteiger partial charge in [0.05, 0.1) is 0 Å². The molecule has 1 amide bonds. The number of ether oxygens (including phenoxy) is 1. The monoisotopic (exact) mass is 446 g/mol. The number of aromatic nitrogens is 1. The van der Waals surface area contributed by atoms with Gasteiger partial charge >= 0.3 is 6.09 Å². The third-order valence-corrected chi connectivity index (χ3v) is 5.23. The van der Waals surface area contributed by atoms with E-state index in [-0.39, 0.29) is 5.92 Å². The molecule has 1 heterocycles. The second-order valence-electron chi connectivity index (χ2n) is 6.70. The van der Waals surface area contributed by atoms with Crippen LogP contribution in [0.2, 0.25) is 0 Å². The van der Waals surface area contributed by atoms with E-state index in [1.165, 1.54) is 22.3 Å². The third-order valence-electron chi connectivity index (χ3n) is 4.80. The van der Waals surface area contributed by atoms with E-state index in [9.17, 15) is 4.79 Å². The Morgan fingerprint density at radius 1 is 1.07 bits per heavy atom. The zero-order chi connectivity index (χ0) is 20.1. The van der Waals surface area contributed by atoms with E-state index in [1.54, 1.807) is 12.4 Å². The van der Waals surface area contributed by atoms with Crippen LogP contribution in [-0.2, 0) is 4.74 Å². The number of hydrogen-bond acceptors (Lipinski definition) is 3. The van der Waals surface area contributed by atoms with Crippen molar-refractivity contribution in [2.45, 2.75) is 12.3 Å². The van der Waals surface area contributed by atoms with Gasteiger partial charge in [-0.3, -0.25) is 4.98 Å². The summed E-state index contributed by atoms with van der Waals surface area (Å²) in [5.41, 5.74) is 5.68. The fraction of sp³-hybridized carbons (Fsp3) is 0.167. The summed E-state index contributed by atoms with van der Waals surface area (Å²) in [7, 11) is 0. The Labute approximate surface area is 178 Å². The summed E-state index contributed by atoms with van der Waals surface area (Å²) in [5.74, 6) is 6.12. The first kappa shape index (κ1) is 19.2. The number of carbonyl (C=O) groups excluding carboxylic acids is 1. The van der Waals surface area contributed by atoms with Gasteiger partial charge in [0, 0.05) is 41.3 Å². The minimum atomic E-state index is -0.419. The lowest BCUT2D eigenvalue weighted by atomic mass is 9.98. The van der Waals surface area contributed by atoms with Crippen LogP contribution >= 0.6 is 15.9 Å². The van der Waals surface area contributed by atoms with E-state index < -0.39 is 6.09 Å². The van der Waals surface area contributed by atoms with Gasteiger partial charge in [-0.25, -0.2) is 4.79 Å². The van der Waals surface area contributed by atoms with Crippen LogP contribution in [0.25, 0.3) is 11.1 Å². The Hall–Kier alpha value is -3.10. The van der Waals surface area contributed by atoms with Crippen molar-refractivity contribution < 1.29 is 9.53 Å². The second-order valence-corrected chi connectivity index (χ2v) is 7.61. The van der Waals surface area contributed by atoms with E-state index >= 15 is 0 Å². The molecule has 1 aliphatic rings. The Morgan fingerprint density at radius 2 is 1.76 bits per heavy atom. The standard InChI is InChI=1S/C24H19BrN2O2/c25-18-13-17(14-26-15-18)7-5-6-12-27-24(28)29-16-23-21-10-3-1-8-19(21)20-9-2-4-11-22(20)23/h1-4,8-11,13-15,23H,6,12,16H2,(H,27,28). The first-order chi connectivity index (χ1) is 14.2. The van der Waals surface area contributed by atoms with E-state index in [1.807, 2.05) is 30.3 Å². The smallest absolute Gasteiger partial charge is 0.407 e. The van der Waals surface area contributed by atoms with Crippen LogP contribution in [0.3, 0.4) is 0 Å². The molecule has 144 valence electrons. The van der Waals surface area contributed by atoms with Crippen molar-refractivity contribution in [2.24, 2.45) is 0 Å². The molecule has 1 aliphatic carbocycles.